The number of hydrogen-bond acceptors (Lipinski definition) is 6. The molecule has 0 radical (unpaired) electrons. The number of hydrogen-bond donors (Lipinski definition) is 1. The second-order valence-electron chi connectivity index (χ2n) is 5.87. The molecule has 0 aliphatic carbocycles. The van der Waals surface area contributed by atoms with Gasteiger partial charge in [0.2, 0.25) is 10.0 Å². The van der Waals surface area contributed by atoms with Crippen molar-refractivity contribution in [3.05, 3.63) is 58.7 Å². The molecule has 0 amide bonds. The number of ketones is 1. The number of methoxy groups -OCH3 is 1. The van der Waals surface area contributed by atoms with Crippen LogP contribution in [-0.4, -0.2) is 40.9 Å². The van der Waals surface area contributed by atoms with Gasteiger partial charge in [0.25, 0.3) is 0 Å². The third-order valence-corrected chi connectivity index (χ3v) is 5.56. The van der Waals surface area contributed by atoms with Gasteiger partial charge in [0.1, 0.15) is 10.6 Å². The van der Waals surface area contributed by atoms with Gasteiger partial charge in [-0.3, -0.25) is 4.79 Å². The highest BCUT2D eigenvalue weighted by Crippen LogP contribution is 2.25. The van der Waals surface area contributed by atoms with Crippen molar-refractivity contribution in [2.24, 2.45) is 0 Å². The van der Waals surface area contributed by atoms with Gasteiger partial charge < -0.3 is 9.47 Å². The zero-order valence-electron chi connectivity index (χ0n) is 15.5. The van der Waals surface area contributed by atoms with Crippen LogP contribution >= 0.6 is 0 Å². The third-order valence-electron chi connectivity index (χ3n) is 4.12. The van der Waals surface area contributed by atoms with Crippen LogP contribution in [-0.2, 0) is 14.8 Å². The number of benzene rings is 2. The topological polar surface area (TPSA) is 98.8 Å². The average molecular weight is 391 g/mol. The lowest BCUT2D eigenvalue weighted by Crippen LogP contribution is -2.20. The van der Waals surface area contributed by atoms with E-state index in [0.717, 1.165) is 17.2 Å². The first-order chi connectivity index (χ1) is 12.7. The van der Waals surface area contributed by atoms with Crippen molar-refractivity contribution in [3.63, 3.8) is 0 Å². The summed E-state index contributed by atoms with van der Waals surface area (Å²) >= 11 is 0. The van der Waals surface area contributed by atoms with E-state index >= 15 is 0 Å². The number of nitrogens with one attached hydrogen (secondary N) is 1. The van der Waals surface area contributed by atoms with Gasteiger partial charge in [-0.05, 0) is 56.3 Å². The van der Waals surface area contributed by atoms with E-state index in [2.05, 4.69) is 4.72 Å². The van der Waals surface area contributed by atoms with Gasteiger partial charge in [-0.1, -0.05) is 12.1 Å². The lowest BCUT2D eigenvalue weighted by atomic mass is 10.0. The second-order valence-corrected chi connectivity index (χ2v) is 7.73. The number of aryl methyl sites for hydroxylation is 2. The summed E-state index contributed by atoms with van der Waals surface area (Å²) < 4.78 is 36.4. The van der Waals surface area contributed by atoms with Crippen LogP contribution in [0.15, 0.2) is 41.3 Å². The fourth-order valence-electron chi connectivity index (χ4n) is 2.34. The van der Waals surface area contributed by atoms with Crippen LogP contribution in [0.4, 0.5) is 0 Å². The summed E-state index contributed by atoms with van der Waals surface area (Å²) in [6.45, 7) is 3.38. The molecule has 0 fully saturated rings. The number of rotatable bonds is 7. The van der Waals surface area contributed by atoms with Crippen molar-refractivity contribution >= 4 is 21.8 Å². The van der Waals surface area contributed by atoms with E-state index < -0.39 is 22.6 Å². The molecule has 144 valence electrons. The number of ether oxygens (including phenoxy) is 2. The maximum absolute atomic E-state index is 12.2. The van der Waals surface area contributed by atoms with Gasteiger partial charge in [-0.15, -0.1) is 0 Å². The standard InChI is InChI=1S/C19H21NO6S/c1-12-5-6-14(9-13(12)2)16(21)11-26-19(22)15-7-8-17(25-4)18(10-15)27(23,24)20-3/h5-10,20H,11H2,1-4H3. The number of sulfonamides is 1. The first-order valence-corrected chi connectivity index (χ1v) is 9.57. The summed E-state index contributed by atoms with van der Waals surface area (Å²) in [6.07, 6.45) is 0. The number of carbonyl (C=O) groups excluding carboxylic acids is 2. The molecular formula is C19H21NO6S. The second kappa shape index (κ2) is 8.32. The van der Waals surface area contributed by atoms with E-state index in [-0.39, 0.29) is 22.0 Å². The van der Waals surface area contributed by atoms with Crippen LogP contribution < -0.4 is 9.46 Å². The molecule has 0 aliphatic rings. The molecule has 0 aliphatic heterocycles. The quantitative estimate of drug-likeness (QED) is 0.574. The highest BCUT2D eigenvalue weighted by Gasteiger charge is 2.21. The predicted octanol–water partition coefficient (Wildman–Crippen LogP) is 2.26. The maximum atomic E-state index is 12.2. The van der Waals surface area contributed by atoms with E-state index in [0.29, 0.717) is 5.56 Å². The highest BCUT2D eigenvalue weighted by molar-refractivity contribution is 7.89. The summed E-state index contributed by atoms with van der Waals surface area (Å²) in [5.41, 5.74) is 2.46. The van der Waals surface area contributed by atoms with Crippen molar-refractivity contribution < 1.29 is 27.5 Å². The van der Waals surface area contributed by atoms with Crippen molar-refractivity contribution in [2.75, 3.05) is 20.8 Å². The zero-order valence-corrected chi connectivity index (χ0v) is 16.3. The Morgan fingerprint density at radius 3 is 2.26 bits per heavy atom. The first-order valence-electron chi connectivity index (χ1n) is 8.08. The predicted molar refractivity (Wildman–Crippen MR) is 99.8 cm³/mol. The molecule has 7 nitrogen and oxygen atoms in total. The van der Waals surface area contributed by atoms with E-state index in [1.165, 1.54) is 26.3 Å². The minimum absolute atomic E-state index is 0.00230. The average Bonchev–Trinajstić information content (AvgIpc) is 2.67. The van der Waals surface area contributed by atoms with Crippen molar-refractivity contribution in [1.82, 2.24) is 4.72 Å². The lowest BCUT2D eigenvalue weighted by Gasteiger charge is -2.11. The monoisotopic (exact) mass is 391 g/mol. The molecule has 2 rings (SSSR count). The van der Waals surface area contributed by atoms with E-state index in [1.54, 1.807) is 12.1 Å². The summed E-state index contributed by atoms with van der Waals surface area (Å²) in [5.74, 6) is -1.06. The van der Waals surface area contributed by atoms with Crippen LogP contribution in [0, 0.1) is 13.8 Å². The Morgan fingerprint density at radius 2 is 1.67 bits per heavy atom. The van der Waals surface area contributed by atoms with Crippen LogP contribution in [0.1, 0.15) is 31.8 Å². The molecule has 0 heterocycles. The van der Waals surface area contributed by atoms with Crippen molar-refractivity contribution in [2.45, 2.75) is 18.7 Å². The maximum Gasteiger partial charge on any atom is 0.338 e. The van der Waals surface area contributed by atoms with Crippen LogP contribution in [0.5, 0.6) is 5.75 Å². The van der Waals surface area contributed by atoms with E-state index in [4.69, 9.17) is 9.47 Å². The first kappa shape index (κ1) is 20.6. The molecule has 0 bridgehead atoms. The SMILES string of the molecule is CNS(=O)(=O)c1cc(C(=O)OCC(=O)c2ccc(C)c(C)c2)ccc1OC. The van der Waals surface area contributed by atoms with Crippen LogP contribution in [0.2, 0.25) is 0 Å². The lowest BCUT2D eigenvalue weighted by molar-refractivity contribution is 0.0474. The molecule has 0 spiro atoms. The molecule has 2 aromatic rings. The summed E-state index contributed by atoms with van der Waals surface area (Å²) in [7, 11) is -1.25. The molecule has 8 heteroatoms. The molecule has 27 heavy (non-hydrogen) atoms. The Kier molecular flexibility index (Phi) is 6.35. The van der Waals surface area contributed by atoms with Gasteiger partial charge in [0.15, 0.2) is 12.4 Å². The van der Waals surface area contributed by atoms with E-state index in [1.807, 2.05) is 19.9 Å². The van der Waals surface area contributed by atoms with Crippen molar-refractivity contribution in [3.8, 4) is 5.75 Å². The fraction of sp³-hybridized carbons (Fsp3) is 0.263. The Bertz CT molecular complexity index is 982. The summed E-state index contributed by atoms with van der Waals surface area (Å²) in [4.78, 5) is 24.3. The number of esters is 1. The number of carbonyl (C=O) groups is 2. The van der Waals surface area contributed by atoms with Crippen LogP contribution in [0.25, 0.3) is 0 Å². The Labute approximate surface area is 158 Å². The third kappa shape index (κ3) is 4.72. The van der Waals surface area contributed by atoms with Gasteiger partial charge in [0, 0.05) is 5.56 Å². The number of Topliss-reactive ketones (excluding diaryl/α,β-unsaturated/α-hetero) is 1. The fourth-order valence-corrected chi connectivity index (χ4v) is 3.25. The molecule has 0 saturated heterocycles. The Balaban J connectivity index is 2.17. The van der Waals surface area contributed by atoms with Gasteiger partial charge in [-0.2, -0.15) is 0 Å². The van der Waals surface area contributed by atoms with E-state index in [9.17, 15) is 18.0 Å². The summed E-state index contributed by atoms with van der Waals surface area (Å²) in [5, 5.41) is 0. The van der Waals surface area contributed by atoms with Crippen molar-refractivity contribution in [1.29, 1.82) is 0 Å². The molecule has 2 aromatic carbocycles. The molecule has 0 atom stereocenters. The van der Waals surface area contributed by atoms with Gasteiger partial charge in [0.05, 0.1) is 12.7 Å². The van der Waals surface area contributed by atoms with Crippen LogP contribution in [0.3, 0.4) is 0 Å². The molecule has 0 saturated carbocycles. The normalized spacial score (nSPS) is 11.1. The highest BCUT2D eigenvalue weighted by atomic mass is 32.2. The Hall–Kier alpha value is -2.71. The minimum Gasteiger partial charge on any atom is -0.495 e. The largest absolute Gasteiger partial charge is 0.495 e. The smallest absolute Gasteiger partial charge is 0.338 e. The van der Waals surface area contributed by atoms with Gasteiger partial charge in [-0.25, -0.2) is 17.9 Å². The molecule has 1 N–H and O–H groups in total. The Morgan fingerprint density at radius 1 is 1.00 bits per heavy atom. The summed E-state index contributed by atoms with van der Waals surface area (Å²) in [6, 6.07) is 9.10. The molecule has 0 aromatic heterocycles. The van der Waals surface area contributed by atoms with Gasteiger partial charge >= 0.3 is 5.97 Å². The molecular weight excluding hydrogens is 370 g/mol. The molecule has 0 unspecified atom stereocenters. The zero-order chi connectivity index (χ0) is 20.2. The minimum atomic E-state index is -3.83.